The molecule has 2 aromatic heterocycles. The van der Waals surface area contributed by atoms with Gasteiger partial charge in [0.1, 0.15) is 4.83 Å². The first kappa shape index (κ1) is 13.8. The topological polar surface area (TPSA) is 34.9 Å². The van der Waals surface area contributed by atoms with Crippen molar-refractivity contribution in [3.63, 3.8) is 0 Å². The van der Waals surface area contributed by atoms with Crippen molar-refractivity contribution in [1.82, 2.24) is 9.55 Å². The normalized spacial score (nSPS) is 14.7. The van der Waals surface area contributed by atoms with E-state index in [1.807, 2.05) is 4.57 Å². The first-order valence-corrected chi connectivity index (χ1v) is 8.62. The van der Waals surface area contributed by atoms with E-state index in [9.17, 15) is 4.79 Å². The Bertz CT molecular complexity index is 656. The number of rotatable bonds is 5. The van der Waals surface area contributed by atoms with Gasteiger partial charge < -0.3 is 0 Å². The predicted molar refractivity (Wildman–Crippen MR) is 84.7 cm³/mol. The number of aromatic nitrogens is 2. The van der Waals surface area contributed by atoms with Gasteiger partial charge in [-0.2, -0.15) is 0 Å². The minimum absolute atomic E-state index is 0.186. The third kappa shape index (κ3) is 2.53. The summed E-state index contributed by atoms with van der Waals surface area (Å²) in [5.74, 6) is 0. The molecule has 0 bridgehead atoms. The molecular formula is C16H22N2OS. The van der Waals surface area contributed by atoms with Crippen molar-refractivity contribution in [2.24, 2.45) is 0 Å². The fourth-order valence-electron chi connectivity index (χ4n) is 3.05. The molecule has 2 aromatic rings. The van der Waals surface area contributed by atoms with E-state index >= 15 is 0 Å². The number of hydrogen-bond acceptors (Lipinski definition) is 3. The van der Waals surface area contributed by atoms with E-state index in [0.717, 1.165) is 36.0 Å². The molecule has 0 amide bonds. The summed E-state index contributed by atoms with van der Waals surface area (Å²) in [7, 11) is 0. The summed E-state index contributed by atoms with van der Waals surface area (Å²) in [6.45, 7) is 3.02. The van der Waals surface area contributed by atoms with E-state index in [-0.39, 0.29) is 5.56 Å². The lowest BCUT2D eigenvalue weighted by Crippen LogP contribution is -2.21. The van der Waals surface area contributed by atoms with Gasteiger partial charge >= 0.3 is 0 Å². The molecule has 0 aliphatic heterocycles. The maximum Gasteiger partial charge on any atom is 0.262 e. The van der Waals surface area contributed by atoms with Gasteiger partial charge in [-0.15, -0.1) is 11.3 Å². The van der Waals surface area contributed by atoms with E-state index < -0.39 is 0 Å². The van der Waals surface area contributed by atoms with Crippen LogP contribution >= 0.6 is 11.3 Å². The Labute approximate surface area is 123 Å². The summed E-state index contributed by atoms with van der Waals surface area (Å²) in [5, 5.41) is 0.919. The first-order valence-electron chi connectivity index (χ1n) is 7.81. The van der Waals surface area contributed by atoms with Gasteiger partial charge in [-0.1, -0.05) is 26.2 Å². The highest BCUT2D eigenvalue weighted by Gasteiger charge is 2.19. The van der Waals surface area contributed by atoms with Crippen molar-refractivity contribution in [2.75, 3.05) is 0 Å². The van der Waals surface area contributed by atoms with Gasteiger partial charge in [0.05, 0.1) is 11.7 Å². The van der Waals surface area contributed by atoms with Gasteiger partial charge in [0, 0.05) is 11.4 Å². The minimum atomic E-state index is 0.186. The first-order chi connectivity index (χ1) is 9.81. The van der Waals surface area contributed by atoms with Crippen LogP contribution in [0.4, 0.5) is 0 Å². The van der Waals surface area contributed by atoms with Crippen molar-refractivity contribution in [3.05, 3.63) is 27.1 Å². The number of nitrogens with zero attached hydrogens (tertiary/aromatic N) is 2. The average molecular weight is 290 g/mol. The van der Waals surface area contributed by atoms with E-state index in [1.54, 1.807) is 17.7 Å². The Balaban J connectivity index is 1.91. The van der Waals surface area contributed by atoms with Gasteiger partial charge in [-0.3, -0.25) is 9.36 Å². The van der Waals surface area contributed by atoms with Crippen LogP contribution in [0.2, 0.25) is 0 Å². The summed E-state index contributed by atoms with van der Waals surface area (Å²) >= 11 is 1.73. The zero-order chi connectivity index (χ0) is 13.9. The maximum atomic E-state index is 12.7. The van der Waals surface area contributed by atoms with Crippen molar-refractivity contribution in [2.45, 2.75) is 64.8 Å². The highest BCUT2D eigenvalue weighted by Crippen LogP contribution is 2.33. The molecule has 0 atom stereocenters. The predicted octanol–water partition coefficient (Wildman–Crippen LogP) is 3.92. The second kappa shape index (κ2) is 6.08. The van der Waals surface area contributed by atoms with E-state index in [2.05, 4.69) is 11.9 Å². The number of unbranched alkanes of at least 4 members (excludes halogenated alkanes) is 3. The Hall–Kier alpha value is -1.16. The van der Waals surface area contributed by atoms with Gasteiger partial charge in [0.25, 0.3) is 5.56 Å². The zero-order valence-electron chi connectivity index (χ0n) is 12.2. The van der Waals surface area contributed by atoms with Crippen LogP contribution in [0.15, 0.2) is 11.1 Å². The lowest BCUT2D eigenvalue weighted by Gasteiger charge is -2.10. The molecule has 0 aromatic carbocycles. The fraction of sp³-hybridized carbons (Fsp3) is 0.625. The second-order valence-electron chi connectivity index (χ2n) is 5.69. The van der Waals surface area contributed by atoms with Crippen molar-refractivity contribution in [1.29, 1.82) is 0 Å². The smallest absolute Gasteiger partial charge is 0.262 e. The van der Waals surface area contributed by atoms with Crippen molar-refractivity contribution < 1.29 is 0 Å². The largest absolute Gasteiger partial charge is 0.299 e. The van der Waals surface area contributed by atoms with Crippen LogP contribution < -0.4 is 5.56 Å². The average Bonchev–Trinajstić information content (AvgIpc) is 2.85. The standard InChI is InChI=1S/C16H22N2OS/c1-2-3-4-7-10-18-11-17-15-14(16(18)19)12-8-5-6-9-13(12)20-15/h11H,2-10H2,1H3. The Morgan fingerprint density at radius 3 is 2.95 bits per heavy atom. The Morgan fingerprint density at radius 1 is 1.25 bits per heavy atom. The fourth-order valence-corrected chi connectivity index (χ4v) is 4.27. The molecule has 3 rings (SSSR count). The molecule has 0 radical (unpaired) electrons. The lowest BCUT2D eigenvalue weighted by molar-refractivity contribution is 0.567. The Morgan fingerprint density at radius 2 is 2.10 bits per heavy atom. The monoisotopic (exact) mass is 290 g/mol. The summed E-state index contributed by atoms with van der Waals surface area (Å²) in [5.41, 5.74) is 1.49. The number of aryl methyl sites for hydroxylation is 3. The van der Waals surface area contributed by atoms with Crippen LogP contribution in [0.1, 0.15) is 55.9 Å². The molecule has 4 heteroatoms. The molecule has 0 saturated heterocycles. The van der Waals surface area contributed by atoms with Crippen LogP contribution in [0.25, 0.3) is 10.2 Å². The number of fused-ring (bicyclic) bond motifs is 3. The maximum absolute atomic E-state index is 12.7. The van der Waals surface area contributed by atoms with Crippen molar-refractivity contribution in [3.8, 4) is 0 Å². The van der Waals surface area contributed by atoms with E-state index in [0.29, 0.717) is 0 Å². The summed E-state index contributed by atoms with van der Waals surface area (Å²) in [6, 6.07) is 0. The molecule has 2 heterocycles. The number of thiophene rings is 1. The summed E-state index contributed by atoms with van der Waals surface area (Å²) in [4.78, 5) is 19.5. The summed E-state index contributed by atoms with van der Waals surface area (Å²) < 4.78 is 1.82. The Kier molecular flexibility index (Phi) is 4.20. The van der Waals surface area contributed by atoms with E-state index in [4.69, 9.17) is 0 Å². The molecule has 20 heavy (non-hydrogen) atoms. The molecule has 0 spiro atoms. The summed E-state index contributed by atoms with van der Waals surface area (Å²) in [6.07, 6.45) is 11.2. The van der Waals surface area contributed by atoms with Crippen LogP contribution in [0.3, 0.4) is 0 Å². The molecular weight excluding hydrogens is 268 g/mol. The van der Waals surface area contributed by atoms with Crippen LogP contribution in [0.5, 0.6) is 0 Å². The van der Waals surface area contributed by atoms with Crippen LogP contribution in [-0.2, 0) is 19.4 Å². The molecule has 1 aliphatic carbocycles. The van der Waals surface area contributed by atoms with E-state index in [1.165, 1.54) is 42.5 Å². The molecule has 1 aliphatic rings. The highest BCUT2D eigenvalue weighted by molar-refractivity contribution is 7.18. The van der Waals surface area contributed by atoms with Gasteiger partial charge in [0.2, 0.25) is 0 Å². The molecule has 0 fully saturated rings. The highest BCUT2D eigenvalue weighted by atomic mass is 32.1. The molecule has 3 nitrogen and oxygen atoms in total. The van der Waals surface area contributed by atoms with Crippen LogP contribution in [-0.4, -0.2) is 9.55 Å². The van der Waals surface area contributed by atoms with Gasteiger partial charge in [-0.05, 0) is 37.7 Å². The van der Waals surface area contributed by atoms with Gasteiger partial charge in [-0.25, -0.2) is 4.98 Å². The molecule has 0 unspecified atom stereocenters. The zero-order valence-corrected chi connectivity index (χ0v) is 13.0. The van der Waals surface area contributed by atoms with Crippen molar-refractivity contribution >= 4 is 21.6 Å². The quantitative estimate of drug-likeness (QED) is 0.782. The number of hydrogen-bond donors (Lipinski definition) is 0. The SMILES string of the molecule is CCCCCCn1cnc2sc3c(c2c1=O)CCCC3. The molecule has 108 valence electrons. The molecule has 0 saturated carbocycles. The lowest BCUT2D eigenvalue weighted by atomic mass is 9.97. The second-order valence-corrected chi connectivity index (χ2v) is 6.78. The molecule has 0 N–H and O–H groups in total. The van der Waals surface area contributed by atoms with Crippen LogP contribution in [0, 0.1) is 0 Å². The van der Waals surface area contributed by atoms with Gasteiger partial charge in [0.15, 0.2) is 0 Å². The minimum Gasteiger partial charge on any atom is -0.299 e. The third-order valence-electron chi connectivity index (χ3n) is 4.19. The third-order valence-corrected chi connectivity index (χ3v) is 5.39.